The highest BCUT2D eigenvalue weighted by atomic mass is 19.1. The summed E-state index contributed by atoms with van der Waals surface area (Å²) in [6, 6.07) is 7.22. The van der Waals surface area contributed by atoms with Crippen LogP contribution in [0, 0.1) is 5.82 Å². The summed E-state index contributed by atoms with van der Waals surface area (Å²) in [6.07, 6.45) is 6.24. The van der Waals surface area contributed by atoms with Gasteiger partial charge in [0, 0.05) is 37.1 Å². The zero-order valence-corrected chi connectivity index (χ0v) is 19.5. The molecule has 2 N–H and O–H groups in total. The number of aromatic nitrogens is 5. The van der Waals surface area contributed by atoms with Gasteiger partial charge in [-0.3, -0.25) is 9.48 Å². The van der Waals surface area contributed by atoms with E-state index in [-0.39, 0.29) is 11.7 Å². The Morgan fingerprint density at radius 1 is 1.26 bits per heavy atom. The number of fused-ring (bicyclic) bond motifs is 2. The van der Waals surface area contributed by atoms with Gasteiger partial charge < -0.3 is 10.4 Å². The second kappa shape index (κ2) is 8.32. The van der Waals surface area contributed by atoms with E-state index in [1.54, 1.807) is 50.1 Å². The smallest absolute Gasteiger partial charge is 0.275 e. The number of hydrogen-bond donors (Lipinski definition) is 2. The van der Waals surface area contributed by atoms with Crippen molar-refractivity contribution in [2.45, 2.75) is 51.7 Å². The number of benzene rings is 1. The van der Waals surface area contributed by atoms with Crippen molar-refractivity contribution in [1.29, 1.82) is 0 Å². The van der Waals surface area contributed by atoms with Crippen molar-refractivity contribution in [1.82, 2.24) is 24.5 Å². The molecule has 0 fully saturated rings. The highest BCUT2D eigenvalue weighted by molar-refractivity contribution is 6.07. The molecule has 1 aromatic carbocycles. The number of aliphatic hydroxyl groups is 1. The van der Waals surface area contributed by atoms with Crippen LogP contribution in [0.15, 0.2) is 36.7 Å². The van der Waals surface area contributed by atoms with Crippen LogP contribution in [-0.4, -0.2) is 41.2 Å². The Morgan fingerprint density at radius 3 is 2.82 bits per heavy atom. The normalized spacial score (nSPS) is 13.4. The van der Waals surface area contributed by atoms with Crippen molar-refractivity contribution in [3.63, 3.8) is 0 Å². The molecule has 0 radical (unpaired) electrons. The number of hydrogen-bond acceptors (Lipinski definition) is 5. The molecule has 0 spiro atoms. The van der Waals surface area contributed by atoms with Crippen LogP contribution in [0.5, 0.6) is 0 Å². The first-order valence-corrected chi connectivity index (χ1v) is 11.4. The largest absolute Gasteiger partial charge is 0.390 e. The molecule has 1 aliphatic carbocycles. The molecule has 9 heteroatoms. The maximum atomic E-state index is 15.3. The van der Waals surface area contributed by atoms with Gasteiger partial charge in [-0.15, -0.1) is 0 Å². The molecule has 34 heavy (non-hydrogen) atoms. The Bertz CT molecular complexity index is 1400. The lowest BCUT2D eigenvalue weighted by Gasteiger charge is -2.16. The maximum absolute atomic E-state index is 15.3. The third-order valence-corrected chi connectivity index (χ3v) is 6.33. The fourth-order valence-electron chi connectivity index (χ4n) is 4.45. The van der Waals surface area contributed by atoms with Gasteiger partial charge in [0.05, 0.1) is 11.0 Å². The summed E-state index contributed by atoms with van der Waals surface area (Å²) in [7, 11) is 1.69. The molecule has 1 amide bonds. The number of carbonyl (C=O) groups is 1. The zero-order valence-electron chi connectivity index (χ0n) is 19.5. The van der Waals surface area contributed by atoms with Gasteiger partial charge in [-0.25, -0.2) is 14.1 Å². The fourth-order valence-corrected chi connectivity index (χ4v) is 4.45. The predicted octanol–water partition coefficient (Wildman–Crippen LogP) is 3.87. The Labute approximate surface area is 196 Å². The zero-order chi connectivity index (χ0) is 24.0. The summed E-state index contributed by atoms with van der Waals surface area (Å²) in [5, 5.41) is 22.2. The Hall–Kier alpha value is -3.59. The van der Waals surface area contributed by atoms with Crippen molar-refractivity contribution >= 4 is 22.8 Å². The fraction of sp³-hybridized carbons (Fsp3) is 0.360. The lowest BCUT2D eigenvalue weighted by atomic mass is 10.00. The van der Waals surface area contributed by atoms with Gasteiger partial charge in [0.2, 0.25) is 0 Å². The highest BCUT2D eigenvalue weighted by Gasteiger charge is 2.22. The SMILES string of the molecule is Cn1nccc1C(=O)Nc1nn(CCC(C)(C)O)c2ncc(-c3ccc4c(c3F)CCC4)cc12. The second-order valence-electron chi connectivity index (χ2n) is 9.44. The molecule has 0 atom stereocenters. The summed E-state index contributed by atoms with van der Waals surface area (Å²) in [5.41, 5.74) is 3.01. The van der Waals surface area contributed by atoms with Crippen molar-refractivity contribution in [2.75, 3.05) is 5.32 Å². The number of anilines is 1. The number of aryl methyl sites for hydroxylation is 3. The minimum absolute atomic E-state index is 0.203. The summed E-state index contributed by atoms with van der Waals surface area (Å²) in [5.74, 6) is -0.234. The first kappa shape index (κ1) is 22.2. The molecule has 0 aliphatic heterocycles. The number of amides is 1. The molecule has 1 aliphatic rings. The van der Waals surface area contributed by atoms with Crippen LogP contribution in [0.25, 0.3) is 22.2 Å². The van der Waals surface area contributed by atoms with E-state index in [0.29, 0.717) is 46.6 Å². The van der Waals surface area contributed by atoms with E-state index in [1.165, 1.54) is 4.68 Å². The van der Waals surface area contributed by atoms with Gasteiger partial charge in [-0.05, 0) is 62.8 Å². The van der Waals surface area contributed by atoms with Crippen LogP contribution in [0.3, 0.4) is 0 Å². The summed E-state index contributed by atoms with van der Waals surface area (Å²) >= 11 is 0. The minimum Gasteiger partial charge on any atom is -0.390 e. The number of rotatable bonds is 6. The minimum atomic E-state index is -0.885. The van der Waals surface area contributed by atoms with E-state index in [4.69, 9.17) is 0 Å². The average Bonchev–Trinajstić information content (AvgIpc) is 3.51. The Kier molecular flexibility index (Phi) is 5.44. The van der Waals surface area contributed by atoms with Crippen molar-refractivity contribution in [3.05, 3.63) is 59.3 Å². The van der Waals surface area contributed by atoms with E-state index in [9.17, 15) is 9.90 Å². The van der Waals surface area contributed by atoms with Crippen molar-refractivity contribution in [3.8, 4) is 11.1 Å². The second-order valence-corrected chi connectivity index (χ2v) is 9.44. The summed E-state index contributed by atoms with van der Waals surface area (Å²) in [6.45, 7) is 3.86. The monoisotopic (exact) mass is 462 g/mol. The molecule has 8 nitrogen and oxygen atoms in total. The standard InChI is InChI=1S/C25H27FN6O2/c1-25(2,34)10-12-32-23-19(22(30-32)29-24(33)20-9-11-28-31(20)3)13-16(14-27-23)18-8-7-15-5-4-6-17(15)21(18)26/h7-9,11,13-14,34H,4-6,10,12H2,1-3H3,(H,29,30,33). The molecular formula is C25H27FN6O2. The quantitative estimate of drug-likeness (QED) is 0.453. The topological polar surface area (TPSA) is 97.9 Å². The first-order chi connectivity index (χ1) is 16.2. The number of nitrogens with one attached hydrogen (secondary N) is 1. The molecule has 5 rings (SSSR count). The van der Waals surface area contributed by atoms with Crippen LogP contribution in [0.4, 0.5) is 10.2 Å². The molecule has 0 unspecified atom stereocenters. The molecule has 176 valence electrons. The maximum Gasteiger partial charge on any atom is 0.275 e. The predicted molar refractivity (Wildman–Crippen MR) is 127 cm³/mol. The van der Waals surface area contributed by atoms with Gasteiger partial charge in [0.25, 0.3) is 5.91 Å². The van der Waals surface area contributed by atoms with E-state index in [0.717, 1.165) is 30.4 Å². The van der Waals surface area contributed by atoms with E-state index >= 15 is 4.39 Å². The Morgan fingerprint density at radius 2 is 2.09 bits per heavy atom. The van der Waals surface area contributed by atoms with Crippen LogP contribution in [0.2, 0.25) is 0 Å². The van der Waals surface area contributed by atoms with Crippen LogP contribution in [-0.2, 0) is 26.4 Å². The van der Waals surface area contributed by atoms with Gasteiger partial charge in [-0.1, -0.05) is 12.1 Å². The third kappa shape index (κ3) is 4.07. The number of pyridine rings is 1. The van der Waals surface area contributed by atoms with Gasteiger partial charge >= 0.3 is 0 Å². The van der Waals surface area contributed by atoms with Gasteiger partial charge in [0.15, 0.2) is 11.5 Å². The molecule has 0 saturated carbocycles. The molecule has 0 bridgehead atoms. The van der Waals surface area contributed by atoms with Gasteiger partial charge in [0.1, 0.15) is 11.5 Å². The van der Waals surface area contributed by atoms with Crippen molar-refractivity contribution in [2.24, 2.45) is 7.05 Å². The van der Waals surface area contributed by atoms with Crippen LogP contribution in [0.1, 0.15) is 48.3 Å². The molecule has 0 saturated heterocycles. The molecule has 3 aromatic heterocycles. The molecule has 3 heterocycles. The lowest BCUT2D eigenvalue weighted by molar-refractivity contribution is 0.0654. The lowest BCUT2D eigenvalue weighted by Crippen LogP contribution is -2.21. The molecule has 4 aromatic rings. The number of nitrogens with zero attached hydrogens (tertiary/aromatic N) is 5. The first-order valence-electron chi connectivity index (χ1n) is 11.4. The van der Waals surface area contributed by atoms with E-state index in [2.05, 4.69) is 20.5 Å². The third-order valence-electron chi connectivity index (χ3n) is 6.33. The van der Waals surface area contributed by atoms with Crippen LogP contribution >= 0.6 is 0 Å². The van der Waals surface area contributed by atoms with Crippen LogP contribution < -0.4 is 5.32 Å². The van der Waals surface area contributed by atoms with E-state index < -0.39 is 5.60 Å². The number of halogens is 1. The molecular weight excluding hydrogens is 435 g/mol. The summed E-state index contributed by atoms with van der Waals surface area (Å²) in [4.78, 5) is 17.4. The van der Waals surface area contributed by atoms with Crippen molar-refractivity contribution < 1.29 is 14.3 Å². The number of carbonyl (C=O) groups excluding carboxylic acids is 1. The average molecular weight is 463 g/mol. The highest BCUT2D eigenvalue weighted by Crippen LogP contribution is 2.34. The van der Waals surface area contributed by atoms with E-state index in [1.807, 2.05) is 12.1 Å². The Balaban J connectivity index is 1.58. The summed E-state index contributed by atoms with van der Waals surface area (Å²) < 4.78 is 18.4. The van der Waals surface area contributed by atoms with Gasteiger partial charge in [-0.2, -0.15) is 10.2 Å².